The Labute approximate surface area is 109 Å². The van der Waals surface area contributed by atoms with Crippen molar-refractivity contribution >= 4 is 23.0 Å². The van der Waals surface area contributed by atoms with Gasteiger partial charge in [0.15, 0.2) is 0 Å². The molecule has 1 atom stereocenters. The van der Waals surface area contributed by atoms with Crippen molar-refractivity contribution in [3.05, 3.63) is 29.8 Å². The van der Waals surface area contributed by atoms with E-state index in [4.69, 9.17) is 4.74 Å². The van der Waals surface area contributed by atoms with E-state index in [2.05, 4.69) is 0 Å². The maximum atomic E-state index is 11.8. The summed E-state index contributed by atoms with van der Waals surface area (Å²) in [6.45, 7) is 6.89. The van der Waals surface area contributed by atoms with Gasteiger partial charge in [0.1, 0.15) is 5.60 Å². The van der Waals surface area contributed by atoms with Crippen LogP contribution in [0, 0.1) is 6.92 Å². The largest absolute Gasteiger partial charge is 0.755 e. The monoisotopic (exact) mass is 270 g/mol. The van der Waals surface area contributed by atoms with E-state index >= 15 is 0 Å². The maximum absolute atomic E-state index is 11.8. The fourth-order valence-corrected chi connectivity index (χ4v) is 1.69. The predicted molar refractivity (Wildman–Crippen MR) is 68.8 cm³/mol. The second-order valence-corrected chi connectivity index (χ2v) is 5.63. The second kappa shape index (κ2) is 5.49. The van der Waals surface area contributed by atoms with Gasteiger partial charge in [-0.3, -0.25) is 4.21 Å². The van der Waals surface area contributed by atoms with Gasteiger partial charge in [0.25, 0.3) is 0 Å². The molecule has 0 aromatic heterocycles. The van der Waals surface area contributed by atoms with Crippen LogP contribution in [0.4, 0.5) is 10.5 Å². The minimum Gasteiger partial charge on any atom is -0.755 e. The maximum Gasteiger partial charge on any atom is 0.426 e. The summed E-state index contributed by atoms with van der Waals surface area (Å²) in [5.41, 5.74) is 0.474. The lowest BCUT2D eigenvalue weighted by atomic mass is 10.2. The number of anilines is 1. The van der Waals surface area contributed by atoms with Gasteiger partial charge in [-0.1, -0.05) is 17.7 Å². The van der Waals surface area contributed by atoms with Crippen LogP contribution in [0.3, 0.4) is 0 Å². The average Bonchev–Trinajstić information content (AvgIpc) is 2.18. The standard InChI is InChI=1S/C12H17NO4S/c1-9-5-7-10(8-6-9)13(18(15)16)11(14)17-12(2,3)4/h5-8H,1-4H3,(H,15,16)/p-1. The topological polar surface area (TPSA) is 69.7 Å². The molecule has 6 heteroatoms. The molecule has 0 aliphatic heterocycles. The van der Waals surface area contributed by atoms with Crippen LogP contribution in [-0.2, 0) is 16.0 Å². The minimum absolute atomic E-state index is 0.253. The van der Waals surface area contributed by atoms with Crippen molar-refractivity contribution in [1.82, 2.24) is 0 Å². The number of aryl methyl sites for hydroxylation is 1. The number of hydrogen-bond acceptors (Lipinski definition) is 4. The van der Waals surface area contributed by atoms with Gasteiger partial charge in [0, 0.05) is 0 Å². The summed E-state index contributed by atoms with van der Waals surface area (Å²) in [5.74, 6) is 0. The van der Waals surface area contributed by atoms with Crippen LogP contribution in [0.5, 0.6) is 0 Å². The number of hydrogen-bond donors (Lipinski definition) is 0. The average molecular weight is 270 g/mol. The molecule has 0 heterocycles. The van der Waals surface area contributed by atoms with Crippen molar-refractivity contribution in [2.24, 2.45) is 0 Å². The molecule has 0 saturated carbocycles. The molecule has 1 aromatic rings. The molecular weight excluding hydrogens is 254 g/mol. The van der Waals surface area contributed by atoms with Crippen LogP contribution in [0.1, 0.15) is 26.3 Å². The molecule has 1 unspecified atom stereocenters. The summed E-state index contributed by atoms with van der Waals surface area (Å²) in [4.78, 5) is 11.8. The zero-order valence-electron chi connectivity index (χ0n) is 10.8. The Morgan fingerprint density at radius 1 is 1.28 bits per heavy atom. The first-order valence-corrected chi connectivity index (χ1v) is 6.43. The molecule has 18 heavy (non-hydrogen) atoms. The summed E-state index contributed by atoms with van der Waals surface area (Å²) in [5, 5.41) is 0. The fraction of sp³-hybridized carbons (Fsp3) is 0.417. The zero-order valence-corrected chi connectivity index (χ0v) is 11.6. The third kappa shape index (κ3) is 4.12. The number of amides is 1. The summed E-state index contributed by atoms with van der Waals surface area (Å²) in [6.07, 6.45) is -0.917. The molecule has 0 fully saturated rings. The van der Waals surface area contributed by atoms with Crippen LogP contribution in [-0.4, -0.2) is 20.5 Å². The lowest BCUT2D eigenvalue weighted by molar-refractivity contribution is 0.0608. The Hall–Kier alpha value is -1.40. The SMILES string of the molecule is Cc1ccc(N(C(=O)OC(C)(C)C)S(=O)[O-])cc1. The molecule has 1 aromatic carbocycles. The number of carbonyl (C=O) groups is 1. The quantitative estimate of drug-likeness (QED) is 0.774. The minimum atomic E-state index is -2.72. The summed E-state index contributed by atoms with van der Waals surface area (Å²) >= 11 is -2.72. The van der Waals surface area contributed by atoms with Crippen molar-refractivity contribution in [3.63, 3.8) is 0 Å². The van der Waals surface area contributed by atoms with Gasteiger partial charge in [0.2, 0.25) is 0 Å². The molecule has 0 saturated heterocycles. The van der Waals surface area contributed by atoms with Gasteiger partial charge in [-0.15, -0.1) is 0 Å². The highest BCUT2D eigenvalue weighted by molar-refractivity contribution is 7.81. The van der Waals surface area contributed by atoms with E-state index < -0.39 is 23.0 Å². The van der Waals surface area contributed by atoms with Crippen LogP contribution in [0.15, 0.2) is 24.3 Å². The first-order chi connectivity index (χ1) is 8.20. The van der Waals surface area contributed by atoms with E-state index in [1.165, 1.54) is 0 Å². The first kappa shape index (κ1) is 14.7. The lowest BCUT2D eigenvalue weighted by Gasteiger charge is -2.28. The highest BCUT2D eigenvalue weighted by Gasteiger charge is 2.24. The number of benzene rings is 1. The molecule has 1 rings (SSSR count). The zero-order chi connectivity index (χ0) is 13.9. The third-order valence-corrected chi connectivity index (χ3v) is 2.63. The summed E-state index contributed by atoms with van der Waals surface area (Å²) in [6, 6.07) is 6.54. The van der Waals surface area contributed by atoms with Gasteiger partial charge in [-0.05, 0) is 39.8 Å². The highest BCUT2D eigenvalue weighted by Crippen LogP contribution is 2.20. The van der Waals surface area contributed by atoms with E-state index in [0.717, 1.165) is 5.56 Å². The van der Waals surface area contributed by atoms with E-state index in [9.17, 15) is 13.6 Å². The van der Waals surface area contributed by atoms with Crippen molar-refractivity contribution in [1.29, 1.82) is 0 Å². The Balaban J connectivity index is 3.00. The third-order valence-electron chi connectivity index (χ3n) is 1.98. The van der Waals surface area contributed by atoms with Crippen molar-refractivity contribution in [3.8, 4) is 0 Å². The molecule has 0 aliphatic rings. The molecule has 1 amide bonds. The lowest BCUT2D eigenvalue weighted by Crippen LogP contribution is -2.37. The molecule has 0 bridgehead atoms. The van der Waals surface area contributed by atoms with E-state index in [1.54, 1.807) is 45.0 Å². The Kier molecular flexibility index (Phi) is 4.48. The second-order valence-electron chi connectivity index (χ2n) is 4.83. The molecule has 0 aliphatic carbocycles. The Morgan fingerprint density at radius 3 is 2.17 bits per heavy atom. The predicted octanol–water partition coefficient (Wildman–Crippen LogP) is 2.53. The van der Waals surface area contributed by atoms with Gasteiger partial charge in [0.05, 0.1) is 17.0 Å². The number of rotatable bonds is 2. The van der Waals surface area contributed by atoms with Crippen LogP contribution < -0.4 is 4.31 Å². The summed E-state index contributed by atoms with van der Waals surface area (Å²) < 4.78 is 27.9. The van der Waals surface area contributed by atoms with Crippen molar-refractivity contribution in [2.45, 2.75) is 33.3 Å². The number of carbonyl (C=O) groups excluding carboxylic acids is 1. The molecule has 100 valence electrons. The van der Waals surface area contributed by atoms with Crippen LogP contribution >= 0.6 is 0 Å². The van der Waals surface area contributed by atoms with Crippen LogP contribution in [0.2, 0.25) is 0 Å². The molecule has 0 radical (unpaired) electrons. The van der Waals surface area contributed by atoms with E-state index in [1.807, 2.05) is 6.92 Å². The van der Waals surface area contributed by atoms with Gasteiger partial charge < -0.3 is 9.29 Å². The van der Waals surface area contributed by atoms with E-state index in [-0.39, 0.29) is 5.69 Å². The Bertz CT molecular complexity index is 450. The molecule has 5 nitrogen and oxygen atoms in total. The molecule has 0 N–H and O–H groups in total. The number of ether oxygens (including phenoxy) is 1. The summed E-state index contributed by atoms with van der Waals surface area (Å²) in [7, 11) is 0. The van der Waals surface area contributed by atoms with Crippen LogP contribution in [0.25, 0.3) is 0 Å². The van der Waals surface area contributed by atoms with Crippen molar-refractivity contribution < 1.29 is 18.3 Å². The van der Waals surface area contributed by atoms with Gasteiger partial charge in [-0.2, -0.15) is 0 Å². The fourth-order valence-electron chi connectivity index (χ4n) is 1.24. The normalized spacial score (nSPS) is 12.9. The van der Waals surface area contributed by atoms with Gasteiger partial charge >= 0.3 is 6.09 Å². The molecule has 0 spiro atoms. The van der Waals surface area contributed by atoms with Crippen molar-refractivity contribution in [2.75, 3.05) is 4.31 Å². The van der Waals surface area contributed by atoms with Gasteiger partial charge in [-0.25, -0.2) is 9.10 Å². The first-order valence-electron chi connectivity index (χ1n) is 5.40. The Morgan fingerprint density at radius 2 is 1.78 bits per heavy atom. The van der Waals surface area contributed by atoms with E-state index in [0.29, 0.717) is 4.31 Å². The highest BCUT2D eigenvalue weighted by atomic mass is 32.2. The number of nitrogens with zero attached hydrogens (tertiary/aromatic N) is 1. The smallest absolute Gasteiger partial charge is 0.426 e. The molecular formula is C12H16NO4S-.